The van der Waals surface area contributed by atoms with Crippen molar-refractivity contribution in [3.8, 4) is 0 Å². The van der Waals surface area contributed by atoms with Crippen molar-refractivity contribution in [2.45, 2.75) is 0 Å². The lowest BCUT2D eigenvalue weighted by Gasteiger charge is -2.15. The van der Waals surface area contributed by atoms with Crippen molar-refractivity contribution in [2.24, 2.45) is 4.99 Å². The molecule has 0 unspecified atom stereocenters. The van der Waals surface area contributed by atoms with Crippen molar-refractivity contribution < 1.29 is 10.0 Å². The molecule has 0 fully saturated rings. The smallest absolute Gasteiger partial charge is 0.281 e. The maximum absolute atomic E-state index is 12.2. The minimum atomic E-state index is -0.390. The van der Waals surface area contributed by atoms with Crippen molar-refractivity contribution >= 4 is 11.6 Å². The van der Waals surface area contributed by atoms with Crippen LogP contribution in [-0.4, -0.2) is 29.9 Å². The van der Waals surface area contributed by atoms with Crippen LogP contribution < -0.4 is 10.4 Å². The van der Waals surface area contributed by atoms with Crippen LogP contribution >= 0.6 is 0 Å². The number of aromatic nitrogens is 1. The molecule has 0 radical (unpaired) electrons. The zero-order valence-corrected chi connectivity index (χ0v) is 10.8. The monoisotopic (exact) mass is 257 g/mol. The van der Waals surface area contributed by atoms with Crippen LogP contribution in [0.1, 0.15) is 10.4 Å². The molecule has 1 N–H and O–H groups in total. The minimum absolute atomic E-state index is 0.195. The van der Waals surface area contributed by atoms with Crippen molar-refractivity contribution in [1.82, 2.24) is 4.73 Å². The predicted molar refractivity (Wildman–Crippen MR) is 72.3 cm³/mol. The van der Waals surface area contributed by atoms with E-state index in [0.29, 0.717) is 5.56 Å². The van der Waals surface area contributed by atoms with Crippen LogP contribution in [0.4, 0.5) is 5.69 Å². The van der Waals surface area contributed by atoms with Crippen LogP contribution in [0, 0.1) is 0 Å². The van der Waals surface area contributed by atoms with E-state index in [1.165, 1.54) is 6.20 Å². The lowest BCUT2D eigenvalue weighted by molar-refractivity contribution is 0.0988. The molecule has 0 spiro atoms. The second-order valence-corrected chi connectivity index (χ2v) is 4.23. The first-order valence-corrected chi connectivity index (χ1v) is 5.82. The van der Waals surface area contributed by atoms with Crippen LogP contribution in [0.15, 0.2) is 53.7 Å². The highest BCUT2D eigenvalue weighted by Gasteiger charge is 2.11. The Bertz CT molecular complexity index is 659. The van der Waals surface area contributed by atoms with Gasteiger partial charge in [-0.05, 0) is 24.3 Å². The van der Waals surface area contributed by atoms with Crippen molar-refractivity contribution in [2.75, 3.05) is 19.0 Å². The van der Waals surface area contributed by atoms with Gasteiger partial charge in [-0.15, -0.1) is 0 Å². The highest BCUT2D eigenvalue weighted by atomic mass is 16.5. The second-order valence-electron chi connectivity index (χ2n) is 4.23. The summed E-state index contributed by atoms with van der Waals surface area (Å²) in [6.07, 6.45) is 1.42. The fourth-order valence-corrected chi connectivity index (χ4v) is 1.72. The lowest BCUT2D eigenvalue weighted by atomic mass is 10.1. The molecule has 0 saturated heterocycles. The van der Waals surface area contributed by atoms with E-state index < -0.39 is 5.91 Å². The van der Waals surface area contributed by atoms with E-state index in [1.807, 2.05) is 31.1 Å². The van der Waals surface area contributed by atoms with Crippen LogP contribution in [0.5, 0.6) is 0 Å². The summed E-state index contributed by atoms with van der Waals surface area (Å²) >= 11 is 0. The Morgan fingerprint density at radius 1 is 1.16 bits per heavy atom. The Labute approximate surface area is 111 Å². The maximum atomic E-state index is 12.2. The number of pyridine rings is 1. The average Bonchev–Trinajstić information content (AvgIpc) is 2.41. The number of nitrogens with zero attached hydrogens (tertiary/aromatic N) is 3. The number of rotatable bonds is 2. The molecule has 1 heterocycles. The Morgan fingerprint density at radius 3 is 2.53 bits per heavy atom. The number of carbonyl (C=O) groups is 1. The van der Waals surface area contributed by atoms with Gasteiger partial charge in [0.1, 0.15) is 0 Å². The number of hydrogen-bond acceptors (Lipinski definition) is 3. The van der Waals surface area contributed by atoms with Gasteiger partial charge in [-0.1, -0.05) is 18.2 Å². The average molecular weight is 257 g/mol. The van der Waals surface area contributed by atoms with Crippen molar-refractivity contribution in [1.29, 1.82) is 0 Å². The van der Waals surface area contributed by atoms with Gasteiger partial charge in [0.15, 0.2) is 5.49 Å². The summed E-state index contributed by atoms with van der Waals surface area (Å²) in [5.74, 6) is -0.390. The fraction of sp³-hybridized carbons (Fsp3) is 0.143. The molecule has 1 amide bonds. The summed E-state index contributed by atoms with van der Waals surface area (Å²) < 4.78 is 0.816. The van der Waals surface area contributed by atoms with Gasteiger partial charge in [-0.3, -0.25) is 4.79 Å². The molecule has 2 aromatic rings. The summed E-state index contributed by atoms with van der Waals surface area (Å²) in [5.41, 5.74) is 1.48. The molecule has 0 aliphatic carbocycles. The molecule has 0 saturated carbocycles. The summed E-state index contributed by atoms with van der Waals surface area (Å²) in [7, 11) is 3.72. The van der Waals surface area contributed by atoms with Gasteiger partial charge >= 0.3 is 0 Å². The third-order valence-electron chi connectivity index (χ3n) is 2.65. The third kappa shape index (κ3) is 2.82. The zero-order chi connectivity index (χ0) is 13.8. The van der Waals surface area contributed by atoms with E-state index in [9.17, 15) is 10.0 Å². The van der Waals surface area contributed by atoms with Gasteiger partial charge in [0.25, 0.3) is 5.91 Å². The Hall–Kier alpha value is -2.56. The SMILES string of the molecule is CN(C)c1ccccc1C(=O)N=c1ccccn1O. The molecule has 1 aromatic carbocycles. The van der Waals surface area contributed by atoms with E-state index in [-0.39, 0.29) is 5.49 Å². The standard InChI is InChI=1S/C14H15N3O2/c1-16(2)12-8-4-3-7-11(12)14(18)15-13-9-5-6-10-17(13)19/h3-10,19H,1-2H3. The molecule has 98 valence electrons. The van der Waals surface area contributed by atoms with E-state index in [1.54, 1.807) is 30.3 Å². The fourth-order valence-electron chi connectivity index (χ4n) is 1.72. The lowest BCUT2D eigenvalue weighted by Crippen LogP contribution is -2.20. The van der Waals surface area contributed by atoms with Crippen LogP contribution in [0.3, 0.4) is 0 Å². The molecule has 0 aliphatic rings. The number of hydrogen-bond donors (Lipinski definition) is 1. The van der Waals surface area contributed by atoms with E-state index in [0.717, 1.165) is 10.4 Å². The quantitative estimate of drug-likeness (QED) is 0.830. The van der Waals surface area contributed by atoms with Crippen molar-refractivity contribution in [3.05, 3.63) is 59.7 Å². The molecule has 1 aromatic heterocycles. The normalized spacial score (nSPS) is 11.4. The highest BCUT2D eigenvalue weighted by Crippen LogP contribution is 2.18. The Kier molecular flexibility index (Phi) is 3.66. The van der Waals surface area contributed by atoms with Crippen LogP contribution in [-0.2, 0) is 0 Å². The predicted octanol–water partition coefficient (Wildman–Crippen LogP) is 1.53. The van der Waals surface area contributed by atoms with Gasteiger partial charge in [0.2, 0.25) is 0 Å². The second kappa shape index (κ2) is 5.39. The Morgan fingerprint density at radius 2 is 1.84 bits per heavy atom. The first-order chi connectivity index (χ1) is 9.09. The summed E-state index contributed by atoms with van der Waals surface area (Å²) in [6, 6.07) is 12.1. The summed E-state index contributed by atoms with van der Waals surface area (Å²) in [6.45, 7) is 0. The van der Waals surface area contributed by atoms with E-state index in [4.69, 9.17) is 0 Å². The molecule has 0 bridgehead atoms. The van der Waals surface area contributed by atoms with Gasteiger partial charge in [0.05, 0.1) is 5.56 Å². The van der Waals surface area contributed by atoms with E-state index in [2.05, 4.69) is 4.99 Å². The minimum Gasteiger partial charge on any atom is -0.427 e. The summed E-state index contributed by atoms with van der Waals surface area (Å²) in [5, 5.41) is 9.55. The largest absolute Gasteiger partial charge is 0.427 e. The highest BCUT2D eigenvalue weighted by molar-refractivity contribution is 6.00. The zero-order valence-electron chi connectivity index (χ0n) is 10.8. The first-order valence-electron chi connectivity index (χ1n) is 5.82. The maximum Gasteiger partial charge on any atom is 0.281 e. The topological polar surface area (TPSA) is 57.8 Å². The van der Waals surface area contributed by atoms with Gasteiger partial charge in [-0.2, -0.15) is 9.72 Å². The number of benzene rings is 1. The van der Waals surface area contributed by atoms with Crippen LogP contribution in [0.25, 0.3) is 0 Å². The van der Waals surface area contributed by atoms with Gasteiger partial charge in [-0.25, -0.2) is 0 Å². The number of anilines is 1. The molecule has 0 atom stereocenters. The first kappa shape index (κ1) is 12.9. The molecule has 5 nitrogen and oxygen atoms in total. The van der Waals surface area contributed by atoms with Crippen molar-refractivity contribution in [3.63, 3.8) is 0 Å². The third-order valence-corrected chi connectivity index (χ3v) is 2.65. The molecule has 0 aliphatic heterocycles. The number of amides is 1. The van der Waals surface area contributed by atoms with Crippen LogP contribution in [0.2, 0.25) is 0 Å². The van der Waals surface area contributed by atoms with Gasteiger partial charge < -0.3 is 10.1 Å². The molecule has 2 rings (SSSR count). The molecular weight excluding hydrogens is 242 g/mol. The van der Waals surface area contributed by atoms with E-state index >= 15 is 0 Å². The number of para-hydroxylation sites is 1. The Balaban J connectivity index is 2.47. The summed E-state index contributed by atoms with van der Waals surface area (Å²) in [4.78, 5) is 17.9. The molecule has 19 heavy (non-hydrogen) atoms. The molecule has 5 heteroatoms. The van der Waals surface area contributed by atoms with Gasteiger partial charge in [0, 0.05) is 26.0 Å². The molecular formula is C14H15N3O2. The number of carbonyl (C=O) groups excluding carboxylic acids is 1.